The summed E-state index contributed by atoms with van der Waals surface area (Å²) in [4.78, 5) is 4.67. The molecule has 0 aliphatic rings. The van der Waals surface area contributed by atoms with Crippen LogP contribution in [0.2, 0.25) is 0 Å². The van der Waals surface area contributed by atoms with Crippen LogP contribution < -0.4 is 9.47 Å². The lowest BCUT2D eigenvalue weighted by Crippen LogP contribution is -2.00. The maximum absolute atomic E-state index is 6.52. The van der Waals surface area contributed by atoms with E-state index in [1.54, 1.807) is 13.3 Å². The molecule has 0 atom stereocenters. The number of fused-ring (bicyclic) bond motifs is 3. The highest BCUT2D eigenvalue weighted by atomic mass is 16.5. The topological polar surface area (TPSA) is 54.1 Å². The molecule has 206 valence electrons. The summed E-state index contributed by atoms with van der Waals surface area (Å²) in [6.07, 6.45) is 1.77. The van der Waals surface area contributed by atoms with Crippen molar-refractivity contribution in [2.75, 3.05) is 7.11 Å². The summed E-state index contributed by atoms with van der Waals surface area (Å²) in [6, 6.07) is 35.0. The minimum atomic E-state index is 0.740. The Morgan fingerprint density at radius 3 is 2.29 bits per heavy atom. The van der Waals surface area contributed by atoms with Crippen molar-refractivity contribution in [2.24, 2.45) is 0 Å². The average molecular weight is 551 g/mol. The van der Waals surface area contributed by atoms with Crippen molar-refractivity contribution in [3.63, 3.8) is 0 Å². The van der Waals surface area contributed by atoms with E-state index in [0.29, 0.717) is 0 Å². The van der Waals surface area contributed by atoms with Gasteiger partial charge in [0, 0.05) is 46.4 Å². The number of rotatable bonds is 6. The molecule has 6 nitrogen and oxygen atoms in total. The van der Waals surface area contributed by atoms with Crippen molar-refractivity contribution in [1.82, 2.24) is 19.3 Å². The molecule has 0 unspecified atom stereocenters. The third kappa shape index (κ3) is 4.38. The van der Waals surface area contributed by atoms with Crippen molar-refractivity contribution in [3.8, 4) is 39.9 Å². The summed E-state index contributed by atoms with van der Waals surface area (Å²) in [6.45, 7) is 6.25. The molecule has 0 fully saturated rings. The van der Waals surface area contributed by atoms with Crippen molar-refractivity contribution in [2.45, 2.75) is 20.8 Å². The SMILES string of the molecule is COc1ccnc(-n2c3ccccc3c3ccc(Oc4cc(C)cc(-n5nc(C)c(-c6ccccc6)c5C)c4)cc32)c1. The Bertz CT molecular complexity index is 2090. The van der Waals surface area contributed by atoms with Gasteiger partial charge in [0.05, 0.1) is 29.5 Å². The lowest BCUT2D eigenvalue weighted by atomic mass is 10.0. The fourth-order valence-corrected chi connectivity index (χ4v) is 5.87. The van der Waals surface area contributed by atoms with Crippen molar-refractivity contribution >= 4 is 21.8 Å². The molecule has 0 aliphatic carbocycles. The van der Waals surface area contributed by atoms with Gasteiger partial charge in [0.15, 0.2) is 0 Å². The van der Waals surface area contributed by atoms with Crippen LogP contribution in [0.25, 0.3) is 44.4 Å². The van der Waals surface area contributed by atoms with Crippen LogP contribution in [0.1, 0.15) is 17.0 Å². The summed E-state index contributed by atoms with van der Waals surface area (Å²) in [5.41, 5.74) is 8.53. The zero-order valence-electron chi connectivity index (χ0n) is 24.0. The largest absolute Gasteiger partial charge is 0.497 e. The molecule has 0 spiro atoms. The summed E-state index contributed by atoms with van der Waals surface area (Å²) in [5.74, 6) is 3.03. The minimum Gasteiger partial charge on any atom is -0.497 e. The quantitative estimate of drug-likeness (QED) is 0.208. The Morgan fingerprint density at radius 2 is 1.45 bits per heavy atom. The molecule has 6 heteroatoms. The number of hydrogen-bond acceptors (Lipinski definition) is 4. The summed E-state index contributed by atoms with van der Waals surface area (Å²) >= 11 is 0. The van der Waals surface area contributed by atoms with Crippen LogP contribution in [0.4, 0.5) is 0 Å². The molecule has 0 radical (unpaired) electrons. The second-order valence-corrected chi connectivity index (χ2v) is 10.5. The first-order chi connectivity index (χ1) is 20.5. The van der Waals surface area contributed by atoms with Crippen LogP contribution in [0.15, 0.2) is 109 Å². The van der Waals surface area contributed by atoms with E-state index >= 15 is 0 Å². The van der Waals surface area contributed by atoms with E-state index in [4.69, 9.17) is 14.6 Å². The highest BCUT2D eigenvalue weighted by molar-refractivity contribution is 6.09. The number of aryl methyl sites for hydroxylation is 2. The van der Waals surface area contributed by atoms with E-state index in [-0.39, 0.29) is 0 Å². The Kier molecular flexibility index (Phi) is 6.24. The molecule has 0 amide bonds. The second kappa shape index (κ2) is 10.2. The predicted octanol–water partition coefficient (Wildman–Crippen LogP) is 8.76. The molecule has 0 bridgehead atoms. The second-order valence-electron chi connectivity index (χ2n) is 10.5. The standard InChI is InChI=1S/C36H30N4O2/c1-23-18-27(40-25(3)36(24(2)38-40)26-10-6-5-7-11-26)20-30(19-23)42-29-14-15-32-31-12-8-9-13-33(31)39(34(32)21-29)35-22-28(41-4)16-17-37-35/h5-22H,1-4H3. The zero-order valence-corrected chi connectivity index (χ0v) is 24.0. The van der Waals surface area contributed by atoms with Crippen molar-refractivity contribution < 1.29 is 9.47 Å². The monoisotopic (exact) mass is 550 g/mol. The van der Waals surface area contributed by atoms with Crippen molar-refractivity contribution in [1.29, 1.82) is 0 Å². The molecule has 3 heterocycles. The highest BCUT2D eigenvalue weighted by Gasteiger charge is 2.17. The summed E-state index contributed by atoms with van der Waals surface area (Å²) in [5, 5.41) is 7.19. The number of para-hydroxylation sites is 1. The first-order valence-corrected chi connectivity index (χ1v) is 14.0. The van der Waals surface area contributed by atoms with Gasteiger partial charge in [-0.25, -0.2) is 9.67 Å². The van der Waals surface area contributed by atoms with Gasteiger partial charge in [-0.15, -0.1) is 0 Å². The van der Waals surface area contributed by atoms with E-state index in [1.165, 1.54) is 0 Å². The lowest BCUT2D eigenvalue weighted by molar-refractivity contribution is 0.414. The Morgan fingerprint density at radius 1 is 0.667 bits per heavy atom. The van der Waals surface area contributed by atoms with E-state index in [9.17, 15) is 0 Å². The van der Waals surface area contributed by atoms with Crippen LogP contribution in [0, 0.1) is 20.8 Å². The highest BCUT2D eigenvalue weighted by Crippen LogP contribution is 2.36. The smallest absolute Gasteiger partial charge is 0.141 e. The van der Waals surface area contributed by atoms with Crippen molar-refractivity contribution in [3.05, 3.63) is 126 Å². The van der Waals surface area contributed by atoms with E-state index in [2.05, 4.69) is 97.1 Å². The van der Waals surface area contributed by atoms with Gasteiger partial charge in [-0.2, -0.15) is 5.10 Å². The molecule has 0 aliphatic heterocycles. The number of ether oxygens (including phenoxy) is 2. The maximum atomic E-state index is 6.52. The van der Waals surface area contributed by atoms with Gasteiger partial charge in [0.1, 0.15) is 23.1 Å². The van der Waals surface area contributed by atoms with E-state index in [0.717, 1.165) is 78.6 Å². The van der Waals surface area contributed by atoms with Gasteiger partial charge in [0.2, 0.25) is 0 Å². The van der Waals surface area contributed by atoms with Crippen LogP contribution in [0.5, 0.6) is 17.2 Å². The van der Waals surface area contributed by atoms with E-state index in [1.807, 2.05) is 41.1 Å². The van der Waals surface area contributed by atoms with Gasteiger partial charge in [-0.05, 0) is 68.3 Å². The molecule has 0 N–H and O–H groups in total. The van der Waals surface area contributed by atoms with Gasteiger partial charge < -0.3 is 9.47 Å². The fourth-order valence-electron chi connectivity index (χ4n) is 5.87. The number of methoxy groups -OCH3 is 1. The van der Waals surface area contributed by atoms with Crippen LogP contribution in [0.3, 0.4) is 0 Å². The fraction of sp³-hybridized carbons (Fsp3) is 0.111. The normalized spacial score (nSPS) is 11.3. The molecule has 0 saturated carbocycles. The average Bonchev–Trinajstić information content (AvgIpc) is 3.50. The zero-order chi connectivity index (χ0) is 28.8. The molecular weight excluding hydrogens is 520 g/mol. The van der Waals surface area contributed by atoms with Gasteiger partial charge in [-0.1, -0.05) is 48.5 Å². The molecule has 7 rings (SSSR count). The number of pyridine rings is 1. The number of aromatic nitrogens is 4. The van der Waals surface area contributed by atoms with Gasteiger partial charge >= 0.3 is 0 Å². The first kappa shape index (κ1) is 25.6. The molecular formula is C36H30N4O2. The molecule has 42 heavy (non-hydrogen) atoms. The Labute approximate surface area is 244 Å². The summed E-state index contributed by atoms with van der Waals surface area (Å²) in [7, 11) is 1.67. The summed E-state index contributed by atoms with van der Waals surface area (Å²) < 4.78 is 16.2. The molecule has 4 aromatic carbocycles. The molecule has 7 aromatic rings. The first-order valence-electron chi connectivity index (χ1n) is 14.0. The third-order valence-corrected chi connectivity index (χ3v) is 7.70. The van der Waals surface area contributed by atoms with Crippen LogP contribution in [-0.2, 0) is 0 Å². The molecule has 3 aromatic heterocycles. The van der Waals surface area contributed by atoms with Gasteiger partial charge in [0.25, 0.3) is 0 Å². The van der Waals surface area contributed by atoms with E-state index < -0.39 is 0 Å². The number of hydrogen-bond donors (Lipinski definition) is 0. The van der Waals surface area contributed by atoms with Gasteiger partial charge in [-0.3, -0.25) is 4.57 Å². The Balaban J connectivity index is 1.31. The lowest BCUT2D eigenvalue weighted by Gasteiger charge is -2.12. The predicted molar refractivity (Wildman–Crippen MR) is 168 cm³/mol. The molecule has 0 saturated heterocycles. The maximum Gasteiger partial charge on any atom is 0.141 e. The number of nitrogens with zero attached hydrogens (tertiary/aromatic N) is 4. The minimum absolute atomic E-state index is 0.740. The number of benzene rings is 4. The third-order valence-electron chi connectivity index (χ3n) is 7.70. The Hall–Kier alpha value is -5.36. The van der Waals surface area contributed by atoms with Crippen LogP contribution in [-0.4, -0.2) is 26.4 Å². The van der Waals surface area contributed by atoms with Crippen LogP contribution >= 0.6 is 0 Å².